The molecule has 0 unspecified atom stereocenters. The van der Waals surface area contributed by atoms with Gasteiger partial charge < -0.3 is 25.0 Å². The molecular formula is C19H25FN4O5. The van der Waals surface area contributed by atoms with Crippen LogP contribution >= 0.6 is 0 Å². The second-order valence-corrected chi connectivity index (χ2v) is 7.31. The molecule has 2 N–H and O–H groups in total. The van der Waals surface area contributed by atoms with Gasteiger partial charge >= 0.3 is 12.2 Å². The Kier molecular flexibility index (Phi) is 6.09. The van der Waals surface area contributed by atoms with Gasteiger partial charge in [0.15, 0.2) is 0 Å². The van der Waals surface area contributed by atoms with Crippen LogP contribution in [-0.4, -0.2) is 63.5 Å². The van der Waals surface area contributed by atoms with Crippen molar-refractivity contribution in [2.24, 2.45) is 5.92 Å². The van der Waals surface area contributed by atoms with E-state index in [1.807, 2.05) is 11.8 Å². The fraction of sp³-hybridized carbons (Fsp3) is 0.526. The number of halogens is 1. The molecule has 3 rings (SSSR count). The maximum Gasteiger partial charge on any atom is 0.414 e. The van der Waals surface area contributed by atoms with E-state index in [2.05, 4.69) is 15.4 Å². The van der Waals surface area contributed by atoms with E-state index in [0.717, 1.165) is 0 Å². The van der Waals surface area contributed by atoms with Gasteiger partial charge in [0.25, 0.3) is 0 Å². The Morgan fingerprint density at radius 1 is 1.31 bits per heavy atom. The molecule has 0 radical (unpaired) electrons. The summed E-state index contributed by atoms with van der Waals surface area (Å²) in [5, 5.41) is 5.36. The van der Waals surface area contributed by atoms with Gasteiger partial charge in [-0.1, -0.05) is 6.92 Å². The van der Waals surface area contributed by atoms with Crippen molar-refractivity contribution < 1.29 is 28.2 Å². The average molecular weight is 408 g/mol. The lowest BCUT2D eigenvalue weighted by Crippen LogP contribution is -2.39. The van der Waals surface area contributed by atoms with Crippen LogP contribution < -0.4 is 20.4 Å². The van der Waals surface area contributed by atoms with E-state index in [1.54, 1.807) is 12.1 Å². The largest absolute Gasteiger partial charge is 0.453 e. The Morgan fingerprint density at radius 3 is 2.72 bits per heavy atom. The van der Waals surface area contributed by atoms with Crippen molar-refractivity contribution in [3.05, 3.63) is 24.0 Å². The molecule has 0 aliphatic carbocycles. The van der Waals surface area contributed by atoms with Crippen molar-refractivity contribution in [1.82, 2.24) is 10.6 Å². The number of nitrogens with one attached hydrogen (secondary N) is 2. The van der Waals surface area contributed by atoms with Crippen molar-refractivity contribution in [3.8, 4) is 0 Å². The third-order valence-electron chi connectivity index (χ3n) is 5.14. The van der Waals surface area contributed by atoms with Gasteiger partial charge in [0.05, 0.1) is 37.6 Å². The Hall–Kier alpha value is -3.04. The van der Waals surface area contributed by atoms with Gasteiger partial charge in [-0.15, -0.1) is 0 Å². The minimum atomic E-state index is -0.579. The number of carbonyl (C=O) groups is 3. The summed E-state index contributed by atoms with van der Waals surface area (Å²) in [6, 6.07) is 4.42. The molecule has 0 spiro atoms. The molecule has 0 saturated carbocycles. The monoisotopic (exact) mass is 408 g/mol. The number of hydrogen-bond donors (Lipinski definition) is 2. The Balaban J connectivity index is 1.67. The topological polar surface area (TPSA) is 100 Å². The number of ether oxygens (including phenoxy) is 2. The first-order chi connectivity index (χ1) is 13.8. The van der Waals surface area contributed by atoms with Crippen LogP contribution in [0.4, 0.5) is 25.4 Å². The van der Waals surface area contributed by atoms with Crippen LogP contribution in [0, 0.1) is 11.7 Å². The van der Waals surface area contributed by atoms with E-state index < -0.39 is 24.1 Å². The molecule has 29 heavy (non-hydrogen) atoms. The molecule has 3 atom stereocenters. The van der Waals surface area contributed by atoms with E-state index in [-0.39, 0.29) is 31.0 Å². The molecule has 3 amide bonds. The van der Waals surface area contributed by atoms with Crippen LogP contribution in [0.15, 0.2) is 18.2 Å². The van der Waals surface area contributed by atoms with Crippen molar-refractivity contribution >= 4 is 29.5 Å². The molecule has 0 bridgehead atoms. The number of alkyl carbamates (subject to hydrolysis) is 1. The second-order valence-electron chi connectivity index (χ2n) is 7.31. The number of methoxy groups -OCH3 is 1. The zero-order valence-corrected chi connectivity index (χ0v) is 16.6. The van der Waals surface area contributed by atoms with Crippen molar-refractivity contribution in [1.29, 1.82) is 0 Å². The number of cyclic esters (lactones) is 1. The summed E-state index contributed by atoms with van der Waals surface area (Å²) < 4.78 is 24.7. The van der Waals surface area contributed by atoms with Crippen LogP contribution in [0.25, 0.3) is 0 Å². The van der Waals surface area contributed by atoms with Gasteiger partial charge in [0, 0.05) is 20.0 Å². The molecule has 10 heteroatoms. The summed E-state index contributed by atoms with van der Waals surface area (Å²) in [5.41, 5.74) is 0.787. The second kappa shape index (κ2) is 8.54. The third kappa shape index (κ3) is 4.69. The molecule has 1 aromatic rings. The van der Waals surface area contributed by atoms with Gasteiger partial charge in [-0.3, -0.25) is 9.69 Å². The predicted octanol–water partition coefficient (Wildman–Crippen LogP) is 1.47. The van der Waals surface area contributed by atoms with E-state index in [0.29, 0.717) is 24.5 Å². The first kappa shape index (κ1) is 20.7. The normalized spacial score (nSPS) is 23.7. The molecule has 2 fully saturated rings. The van der Waals surface area contributed by atoms with Crippen LogP contribution in [0.5, 0.6) is 0 Å². The Labute approximate surface area is 168 Å². The minimum Gasteiger partial charge on any atom is -0.453 e. The quantitative estimate of drug-likeness (QED) is 0.765. The van der Waals surface area contributed by atoms with Crippen LogP contribution in [0.2, 0.25) is 0 Å². The Bertz CT molecular complexity index is 805. The molecule has 1 aromatic carbocycles. The minimum absolute atomic E-state index is 0.122. The number of nitrogens with zero attached hydrogens (tertiary/aromatic N) is 2. The zero-order valence-electron chi connectivity index (χ0n) is 16.6. The van der Waals surface area contributed by atoms with Gasteiger partial charge in [0.2, 0.25) is 5.91 Å². The molecule has 2 saturated heterocycles. The number of hydrogen-bond acceptors (Lipinski definition) is 6. The lowest BCUT2D eigenvalue weighted by Gasteiger charge is -2.21. The van der Waals surface area contributed by atoms with Crippen LogP contribution in [0.1, 0.15) is 13.8 Å². The first-order valence-electron chi connectivity index (χ1n) is 9.40. The molecular weight excluding hydrogens is 383 g/mol. The summed E-state index contributed by atoms with van der Waals surface area (Å²) in [6.45, 7) is 4.82. The molecule has 0 aromatic heterocycles. The SMILES string of the molecule is COC(=O)N[C@@H]1CN(c2ccc(N3C[C@H](CNC(C)=O)OC3=O)cc2F)C[C@@H]1C. The highest BCUT2D eigenvalue weighted by atomic mass is 19.1. The smallest absolute Gasteiger partial charge is 0.414 e. The number of amides is 3. The third-order valence-corrected chi connectivity index (χ3v) is 5.14. The van der Waals surface area contributed by atoms with Crippen molar-refractivity contribution in [2.75, 3.05) is 43.1 Å². The molecule has 9 nitrogen and oxygen atoms in total. The van der Waals surface area contributed by atoms with Gasteiger partial charge in [-0.2, -0.15) is 0 Å². The fourth-order valence-corrected chi connectivity index (χ4v) is 3.58. The summed E-state index contributed by atoms with van der Waals surface area (Å²) in [5.74, 6) is -0.558. The maximum atomic E-state index is 14.8. The predicted molar refractivity (Wildman–Crippen MR) is 103 cm³/mol. The molecule has 2 aliphatic heterocycles. The highest BCUT2D eigenvalue weighted by molar-refractivity contribution is 5.90. The number of rotatable bonds is 5. The van der Waals surface area contributed by atoms with Crippen LogP contribution in [0.3, 0.4) is 0 Å². The number of carbonyl (C=O) groups excluding carboxylic acids is 3. The lowest BCUT2D eigenvalue weighted by atomic mass is 10.1. The maximum absolute atomic E-state index is 14.8. The van der Waals surface area contributed by atoms with E-state index >= 15 is 0 Å². The lowest BCUT2D eigenvalue weighted by molar-refractivity contribution is -0.119. The summed E-state index contributed by atoms with van der Waals surface area (Å²) in [4.78, 5) is 37.8. The molecule has 2 aliphatic rings. The van der Waals surface area contributed by atoms with Gasteiger partial charge in [0.1, 0.15) is 11.9 Å². The standard InChI is InChI=1S/C19H25FN4O5/c1-11-8-23(10-16(11)22-18(26)28-3)17-5-4-13(6-15(17)20)24-9-14(29-19(24)27)7-21-12(2)25/h4-6,11,14,16H,7-10H2,1-3H3,(H,21,25)(H,22,26)/t11-,14-,16+/m0/s1. The van der Waals surface area contributed by atoms with Gasteiger partial charge in [-0.25, -0.2) is 14.0 Å². The zero-order chi connectivity index (χ0) is 21.1. The Morgan fingerprint density at radius 2 is 2.07 bits per heavy atom. The van der Waals surface area contributed by atoms with Crippen LogP contribution in [-0.2, 0) is 14.3 Å². The highest BCUT2D eigenvalue weighted by Gasteiger charge is 2.35. The summed E-state index contributed by atoms with van der Waals surface area (Å²) >= 11 is 0. The number of benzene rings is 1. The van der Waals surface area contributed by atoms with E-state index in [9.17, 15) is 18.8 Å². The first-order valence-corrected chi connectivity index (χ1v) is 9.40. The van der Waals surface area contributed by atoms with E-state index in [1.165, 1.54) is 25.0 Å². The highest BCUT2D eigenvalue weighted by Crippen LogP contribution is 2.31. The number of anilines is 2. The summed E-state index contributed by atoms with van der Waals surface area (Å²) in [6.07, 6.45) is -1.58. The molecule has 2 heterocycles. The van der Waals surface area contributed by atoms with Crippen molar-refractivity contribution in [2.45, 2.75) is 26.0 Å². The fourth-order valence-electron chi connectivity index (χ4n) is 3.58. The van der Waals surface area contributed by atoms with Gasteiger partial charge in [-0.05, 0) is 24.1 Å². The summed E-state index contributed by atoms with van der Waals surface area (Å²) in [7, 11) is 1.30. The average Bonchev–Trinajstić information content (AvgIpc) is 3.22. The van der Waals surface area contributed by atoms with Crippen molar-refractivity contribution in [3.63, 3.8) is 0 Å². The van der Waals surface area contributed by atoms with E-state index in [4.69, 9.17) is 4.74 Å². The molecule has 158 valence electrons.